The van der Waals surface area contributed by atoms with Gasteiger partial charge in [0.15, 0.2) is 0 Å². The van der Waals surface area contributed by atoms with Crippen molar-refractivity contribution in [2.24, 2.45) is 14.1 Å². The van der Waals surface area contributed by atoms with E-state index in [2.05, 4.69) is 10.2 Å². The normalized spacial score (nSPS) is 9.43. The molecule has 4 heteroatoms. The molecule has 2 rings (SSSR count). The van der Waals surface area contributed by atoms with Crippen LogP contribution in [-0.2, 0) is 14.1 Å². The maximum Gasteiger partial charge on any atom is 0.0593 e. The highest BCUT2D eigenvalue weighted by Gasteiger charge is 1.82. The van der Waals surface area contributed by atoms with Gasteiger partial charge in [0, 0.05) is 26.5 Å². The van der Waals surface area contributed by atoms with Gasteiger partial charge in [0.2, 0.25) is 0 Å². The second kappa shape index (κ2) is 4.60. The van der Waals surface area contributed by atoms with E-state index < -0.39 is 0 Å². The van der Waals surface area contributed by atoms with E-state index in [-0.39, 0.29) is 0 Å². The largest absolute Gasteiger partial charge is 0.276 e. The van der Waals surface area contributed by atoms with Crippen molar-refractivity contribution in [1.82, 2.24) is 19.6 Å². The number of hydrogen-bond donors (Lipinski definition) is 0. The van der Waals surface area contributed by atoms with Crippen LogP contribution in [0, 0.1) is 13.8 Å². The molecule has 0 atom stereocenters. The van der Waals surface area contributed by atoms with Gasteiger partial charge < -0.3 is 0 Å². The summed E-state index contributed by atoms with van der Waals surface area (Å²) >= 11 is 0. The zero-order chi connectivity index (χ0) is 10.6. The van der Waals surface area contributed by atoms with E-state index >= 15 is 0 Å². The van der Waals surface area contributed by atoms with Crippen molar-refractivity contribution in [1.29, 1.82) is 0 Å². The van der Waals surface area contributed by atoms with Crippen molar-refractivity contribution < 1.29 is 0 Å². The number of rotatable bonds is 0. The van der Waals surface area contributed by atoms with Gasteiger partial charge in [-0.25, -0.2) is 0 Å². The van der Waals surface area contributed by atoms with Crippen LogP contribution in [0.2, 0.25) is 0 Å². The molecule has 0 aliphatic carbocycles. The summed E-state index contributed by atoms with van der Waals surface area (Å²) in [6.45, 7) is 3.99. The van der Waals surface area contributed by atoms with Crippen molar-refractivity contribution in [3.8, 4) is 0 Å². The first-order valence-electron chi connectivity index (χ1n) is 4.49. The molecule has 0 fully saturated rings. The smallest absolute Gasteiger partial charge is 0.0593 e. The Hall–Kier alpha value is -1.58. The van der Waals surface area contributed by atoms with Gasteiger partial charge in [-0.1, -0.05) is 0 Å². The molecule has 0 amide bonds. The minimum Gasteiger partial charge on any atom is -0.276 e. The van der Waals surface area contributed by atoms with Gasteiger partial charge in [0.1, 0.15) is 0 Å². The number of hydrogen-bond acceptors (Lipinski definition) is 2. The van der Waals surface area contributed by atoms with Crippen LogP contribution in [0.4, 0.5) is 0 Å². The van der Waals surface area contributed by atoms with Crippen LogP contribution in [0.5, 0.6) is 0 Å². The lowest BCUT2D eigenvalue weighted by molar-refractivity contribution is 0.756. The molecule has 0 aliphatic rings. The summed E-state index contributed by atoms with van der Waals surface area (Å²) in [6, 6.07) is 1.97. The summed E-state index contributed by atoms with van der Waals surface area (Å²) < 4.78 is 3.57. The molecule has 4 nitrogen and oxygen atoms in total. The molecule has 2 aromatic heterocycles. The predicted molar refractivity (Wildman–Crippen MR) is 55.9 cm³/mol. The van der Waals surface area contributed by atoms with E-state index in [0.717, 1.165) is 5.69 Å². The first kappa shape index (κ1) is 10.5. The van der Waals surface area contributed by atoms with Gasteiger partial charge in [0.05, 0.1) is 11.9 Å². The fourth-order valence-electron chi connectivity index (χ4n) is 1.07. The Morgan fingerprint density at radius 2 is 1.86 bits per heavy atom. The molecule has 0 saturated carbocycles. The van der Waals surface area contributed by atoms with Gasteiger partial charge in [0.25, 0.3) is 0 Å². The standard InChI is InChI=1S/2C5H8N2/c1-5-3-6-7(2)4-5;1-5-3-4-7(2)6-5/h2*3-4H,1-2H3. The minimum atomic E-state index is 1.07. The van der Waals surface area contributed by atoms with Crippen LogP contribution < -0.4 is 0 Å². The molecule has 0 spiro atoms. The van der Waals surface area contributed by atoms with Gasteiger partial charge in [-0.05, 0) is 25.5 Å². The number of nitrogens with zero attached hydrogens (tertiary/aromatic N) is 4. The minimum absolute atomic E-state index is 1.07. The summed E-state index contributed by atoms with van der Waals surface area (Å²) in [6.07, 6.45) is 5.73. The van der Waals surface area contributed by atoms with E-state index in [0.29, 0.717) is 0 Å². The Labute approximate surface area is 84.2 Å². The lowest BCUT2D eigenvalue weighted by atomic mass is 10.4. The van der Waals surface area contributed by atoms with Crippen molar-refractivity contribution in [3.63, 3.8) is 0 Å². The van der Waals surface area contributed by atoms with Crippen LogP contribution >= 0.6 is 0 Å². The van der Waals surface area contributed by atoms with E-state index in [4.69, 9.17) is 0 Å². The van der Waals surface area contributed by atoms with Gasteiger partial charge in [-0.15, -0.1) is 0 Å². The van der Waals surface area contributed by atoms with Gasteiger partial charge >= 0.3 is 0 Å². The zero-order valence-corrected chi connectivity index (χ0v) is 9.10. The lowest BCUT2D eigenvalue weighted by Gasteiger charge is -1.79. The first-order chi connectivity index (χ1) is 6.58. The Kier molecular flexibility index (Phi) is 3.45. The van der Waals surface area contributed by atoms with E-state index in [9.17, 15) is 0 Å². The summed E-state index contributed by atoms with van der Waals surface area (Å²) in [5.74, 6) is 0. The van der Waals surface area contributed by atoms with Crippen LogP contribution in [0.1, 0.15) is 11.3 Å². The molecule has 0 unspecified atom stereocenters. The molecule has 2 heterocycles. The highest BCUT2D eigenvalue weighted by molar-refractivity contribution is 4.98. The highest BCUT2D eigenvalue weighted by Crippen LogP contribution is 1.88. The first-order valence-corrected chi connectivity index (χ1v) is 4.49. The predicted octanol–water partition coefficient (Wildman–Crippen LogP) is 1.46. The molecule has 0 bridgehead atoms. The fraction of sp³-hybridized carbons (Fsp3) is 0.400. The van der Waals surface area contributed by atoms with Crippen molar-refractivity contribution in [3.05, 3.63) is 35.9 Å². The maximum atomic E-state index is 4.03. The second-order valence-electron chi connectivity index (χ2n) is 3.32. The van der Waals surface area contributed by atoms with Gasteiger partial charge in [-0.2, -0.15) is 10.2 Å². The summed E-state index contributed by atoms with van der Waals surface area (Å²) in [4.78, 5) is 0. The molecule has 0 aliphatic heterocycles. The van der Waals surface area contributed by atoms with Crippen LogP contribution in [0.3, 0.4) is 0 Å². The molecular formula is C10H16N4. The van der Waals surface area contributed by atoms with Crippen LogP contribution in [0.15, 0.2) is 24.7 Å². The Bertz CT molecular complexity index is 315. The molecular weight excluding hydrogens is 176 g/mol. The third-order valence-corrected chi connectivity index (χ3v) is 1.68. The fourth-order valence-corrected chi connectivity index (χ4v) is 1.07. The average Bonchev–Trinajstić information content (AvgIpc) is 2.63. The summed E-state index contributed by atoms with van der Waals surface area (Å²) in [7, 11) is 3.82. The molecule has 76 valence electrons. The van der Waals surface area contributed by atoms with Crippen molar-refractivity contribution in [2.45, 2.75) is 13.8 Å². The van der Waals surface area contributed by atoms with E-state index in [1.165, 1.54) is 5.56 Å². The van der Waals surface area contributed by atoms with Crippen LogP contribution in [0.25, 0.3) is 0 Å². The zero-order valence-electron chi connectivity index (χ0n) is 9.10. The SMILES string of the molecule is Cc1ccn(C)n1.Cc1cnn(C)c1. The second-order valence-corrected chi connectivity index (χ2v) is 3.32. The summed E-state index contributed by atoms with van der Waals surface area (Å²) in [5, 5.41) is 7.96. The third-order valence-electron chi connectivity index (χ3n) is 1.68. The molecule has 14 heavy (non-hydrogen) atoms. The number of aromatic nitrogens is 4. The Morgan fingerprint density at radius 1 is 1.14 bits per heavy atom. The molecule has 0 aromatic carbocycles. The van der Waals surface area contributed by atoms with Crippen molar-refractivity contribution in [2.75, 3.05) is 0 Å². The topological polar surface area (TPSA) is 35.6 Å². The van der Waals surface area contributed by atoms with Gasteiger partial charge in [-0.3, -0.25) is 9.36 Å². The molecule has 0 radical (unpaired) electrons. The molecule has 2 aromatic rings. The monoisotopic (exact) mass is 192 g/mol. The Balaban J connectivity index is 0.000000140. The quantitative estimate of drug-likeness (QED) is 0.633. The molecule has 0 saturated heterocycles. The summed E-state index contributed by atoms with van der Waals surface area (Å²) in [5.41, 5.74) is 2.28. The number of aryl methyl sites for hydroxylation is 4. The average molecular weight is 192 g/mol. The van der Waals surface area contributed by atoms with E-state index in [1.54, 1.807) is 9.36 Å². The van der Waals surface area contributed by atoms with E-state index in [1.807, 2.05) is 52.6 Å². The van der Waals surface area contributed by atoms with Crippen LogP contribution in [-0.4, -0.2) is 19.6 Å². The lowest BCUT2D eigenvalue weighted by Crippen LogP contribution is -1.86. The third kappa shape index (κ3) is 3.43. The Morgan fingerprint density at radius 3 is 2.00 bits per heavy atom. The highest BCUT2D eigenvalue weighted by atomic mass is 15.2. The maximum absolute atomic E-state index is 4.03. The molecule has 0 N–H and O–H groups in total. The van der Waals surface area contributed by atoms with Crippen molar-refractivity contribution >= 4 is 0 Å².